The van der Waals surface area contributed by atoms with Crippen LogP contribution in [0.2, 0.25) is 0 Å². The van der Waals surface area contributed by atoms with E-state index in [0.717, 1.165) is 6.42 Å². The normalized spacial score (nSPS) is 10.1. The van der Waals surface area contributed by atoms with E-state index in [0.29, 0.717) is 12.2 Å². The number of anilines is 2. The third-order valence-electron chi connectivity index (χ3n) is 2.71. The summed E-state index contributed by atoms with van der Waals surface area (Å²) in [6.07, 6.45) is 2.11. The summed E-state index contributed by atoms with van der Waals surface area (Å²) < 4.78 is 4.59. The van der Waals surface area contributed by atoms with Crippen LogP contribution in [0.3, 0.4) is 0 Å². The minimum absolute atomic E-state index is 0.0379. The van der Waals surface area contributed by atoms with Crippen molar-refractivity contribution in [2.75, 3.05) is 17.2 Å². The fraction of sp³-hybridized carbons (Fsp3) is 0.231. The molecule has 0 saturated heterocycles. The van der Waals surface area contributed by atoms with E-state index in [1.807, 2.05) is 6.92 Å². The van der Waals surface area contributed by atoms with Crippen LogP contribution >= 0.6 is 0 Å². The average Bonchev–Trinajstić information content (AvgIpc) is 2.97. The van der Waals surface area contributed by atoms with Gasteiger partial charge in [-0.15, -0.1) is 0 Å². The number of nitro groups is 1. The molecule has 21 heavy (non-hydrogen) atoms. The molecule has 8 nitrogen and oxygen atoms in total. The molecule has 1 aromatic carbocycles. The number of hydrogen-bond donors (Lipinski definition) is 2. The van der Waals surface area contributed by atoms with E-state index in [9.17, 15) is 14.9 Å². The number of benzene rings is 1. The first kappa shape index (κ1) is 14.5. The summed E-state index contributed by atoms with van der Waals surface area (Å²) in [5.74, 6) is -0.419. The molecule has 0 aliphatic rings. The first-order valence-electron chi connectivity index (χ1n) is 6.36. The SMILES string of the molecule is CCCNc1cccc(C(=O)Nc2ccon2)c1[N+](=O)[O-]. The van der Waals surface area contributed by atoms with Gasteiger partial charge in [-0.3, -0.25) is 14.9 Å². The summed E-state index contributed by atoms with van der Waals surface area (Å²) in [4.78, 5) is 22.8. The zero-order chi connectivity index (χ0) is 15.2. The van der Waals surface area contributed by atoms with Crippen molar-refractivity contribution in [1.29, 1.82) is 0 Å². The maximum absolute atomic E-state index is 12.1. The lowest BCUT2D eigenvalue weighted by molar-refractivity contribution is -0.384. The van der Waals surface area contributed by atoms with Gasteiger partial charge in [-0.25, -0.2) is 0 Å². The maximum Gasteiger partial charge on any atom is 0.305 e. The molecule has 1 heterocycles. The molecule has 0 aliphatic carbocycles. The van der Waals surface area contributed by atoms with Gasteiger partial charge in [0.15, 0.2) is 5.82 Å². The first-order valence-corrected chi connectivity index (χ1v) is 6.36. The number of hydrogen-bond acceptors (Lipinski definition) is 6. The van der Waals surface area contributed by atoms with Gasteiger partial charge in [0.1, 0.15) is 17.5 Å². The number of nitro benzene ring substituents is 1. The second-order valence-electron chi connectivity index (χ2n) is 4.22. The molecule has 0 unspecified atom stereocenters. The second kappa shape index (κ2) is 6.51. The molecule has 2 N–H and O–H groups in total. The Balaban J connectivity index is 2.33. The van der Waals surface area contributed by atoms with Crippen LogP contribution in [-0.2, 0) is 0 Å². The quantitative estimate of drug-likeness (QED) is 0.625. The Morgan fingerprint density at radius 2 is 2.24 bits per heavy atom. The number of amides is 1. The summed E-state index contributed by atoms with van der Waals surface area (Å²) in [5, 5.41) is 20.2. The molecule has 0 saturated carbocycles. The van der Waals surface area contributed by atoms with Gasteiger partial charge in [-0.2, -0.15) is 0 Å². The van der Waals surface area contributed by atoms with E-state index >= 15 is 0 Å². The fourth-order valence-corrected chi connectivity index (χ4v) is 1.79. The van der Waals surface area contributed by atoms with Gasteiger partial charge in [-0.05, 0) is 18.6 Å². The van der Waals surface area contributed by atoms with Gasteiger partial charge in [0.25, 0.3) is 5.91 Å². The Hall–Kier alpha value is -2.90. The molecular weight excluding hydrogens is 276 g/mol. The Kier molecular flexibility index (Phi) is 4.50. The van der Waals surface area contributed by atoms with Crippen LogP contribution < -0.4 is 10.6 Å². The number of aromatic nitrogens is 1. The van der Waals surface area contributed by atoms with E-state index < -0.39 is 10.8 Å². The number of para-hydroxylation sites is 1. The van der Waals surface area contributed by atoms with Crippen molar-refractivity contribution in [2.24, 2.45) is 0 Å². The molecule has 0 aliphatic heterocycles. The van der Waals surface area contributed by atoms with Crippen LogP contribution in [0.1, 0.15) is 23.7 Å². The molecule has 8 heteroatoms. The lowest BCUT2D eigenvalue weighted by atomic mass is 10.1. The van der Waals surface area contributed by atoms with E-state index in [1.165, 1.54) is 18.4 Å². The standard InChI is InChI=1S/C13H14N4O4/c1-2-7-14-10-5-3-4-9(12(10)17(19)20)13(18)15-11-6-8-21-16-11/h3-6,8,14H,2,7H2,1H3,(H,15,16,18). The summed E-state index contributed by atoms with van der Waals surface area (Å²) in [6.45, 7) is 2.52. The van der Waals surface area contributed by atoms with Crippen molar-refractivity contribution < 1.29 is 14.2 Å². The minimum Gasteiger partial charge on any atom is -0.379 e. The van der Waals surface area contributed by atoms with Crippen molar-refractivity contribution in [3.8, 4) is 0 Å². The average molecular weight is 290 g/mol. The van der Waals surface area contributed by atoms with Crippen molar-refractivity contribution >= 4 is 23.1 Å². The highest BCUT2D eigenvalue weighted by atomic mass is 16.6. The van der Waals surface area contributed by atoms with Crippen molar-refractivity contribution in [3.05, 3.63) is 46.2 Å². The third-order valence-corrected chi connectivity index (χ3v) is 2.71. The zero-order valence-corrected chi connectivity index (χ0v) is 11.3. The van der Waals surface area contributed by atoms with Gasteiger partial charge in [0.2, 0.25) is 0 Å². The lowest BCUT2D eigenvalue weighted by Crippen LogP contribution is -2.15. The summed E-state index contributed by atoms with van der Waals surface area (Å²) >= 11 is 0. The smallest absolute Gasteiger partial charge is 0.305 e. The largest absolute Gasteiger partial charge is 0.379 e. The maximum atomic E-state index is 12.1. The highest BCUT2D eigenvalue weighted by Gasteiger charge is 2.24. The van der Waals surface area contributed by atoms with E-state index in [-0.39, 0.29) is 17.1 Å². The van der Waals surface area contributed by atoms with Gasteiger partial charge in [-0.1, -0.05) is 18.1 Å². The topological polar surface area (TPSA) is 110 Å². The fourth-order valence-electron chi connectivity index (χ4n) is 1.79. The van der Waals surface area contributed by atoms with Crippen LogP contribution in [0.5, 0.6) is 0 Å². The number of nitrogens with zero attached hydrogens (tertiary/aromatic N) is 2. The number of carbonyl (C=O) groups excluding carboxylic acids is 1. The molecule has 0 bridgehead atoms. The number of rotatable bonds is 6. The Morgan fingerprint density at radius 1 is 1.43 bits per heavy atom. The molecule has 2 rings (SSSR count). The van der Waals surface area contributed by atoms with Crippen LogP contribution in [-0.4, -0.2) is 22.5 Å². The molecule has 0 radical (unpaired) electrons. The highest BCUT2D eigenvalue weighted by molar-refractivity contribution is 6.08. The number of carbonyl (C=O) groups is 1. The van der Waals surface area contributed by atoms with Gasteiger partial charge < -0.3 is 15.2 Å². The lowest BCUT2D eigenvalue weighted by Gasteiger charge is -2.09. The zero-order valence-electron chi connectivity index (χ0n) is 11.3. The summed E-state index contributed by atoms with van der Waals surface area (Å²) in [5.41, 5.74) is 0.0192. The van der Waals surface area contributed by atoms with E-state index in [4.69, 9.17) is 0 Å². The number of nitrogens with one attached hydrogen (secondary N) is 2. The van der Waals surface area contributed by atoms with Crippen molar-refractivity contribution in [1.82, 2.24) is 5.16 Å². The van der Waals surface area contributed by atoms with Crippen LogP contribution in [0, 0.1) is 10.1 Å². The molecule has 2 aromatic rings. The van der Waals surface area contributed by atoms with Crippen molar-refractivity contribution in [2.45, 2.75) is 13.3 Å². The second-order valence-corrected chi connectivity index (χ2v) is 4.22. The van der Waals surface area contributed by atoms with Gasteiger partial charge in [0, 0.05) is 12.6 Å². The summed E-state index contributed by atoms with van der Waals surface area (Å²) in [7, 11) is 0. The molecule has 0 fully saturated rings. The van der Waals surface area contributed by atoms with E-state index in [2.05, 4.69) is 20.3 Å². The predicted octanol–water partition coefficient (Wildman–Crippen LogP) is 2.66. The minimum atomic E-state index is -0.615. The van der Waals surface area contributed by atoms with Gasteiger partial charge in [0.05, 0.1) is 4.92 Å². The Labute approximate surface area is 120 Å². The Morgan fingerprint density at radius 3 is 2.86 bits per heavy atom. The van der Waals surface area contributed by atoms with Gasteiger partial charge >= 0.3 is 5.69 Å². The van der Waals surface area contributed by atoms with Crippen molar-refractivity contribution in [3.63, 3.8) is 0 Å². The molecule has 1 aromatic heterocycles. The Bertz CT molecular complexity index is 640. The van der Waals surface area contributed by atoms with E-state index in [1.54, 1.807) is 12.1 Å². The summed E-state index contributed by atoms with van der Waals surface area (Å²) in [6, 6.07) is 6.00. The van der Waals surface area contributed by atoms with Crippen LogP contribution in [0.25, 0.3) is 0 Å². The highest BCUT2D eigenvalue weighted by Crippen LogP contribution is 2.29. The molecule has 0 spiro atoms. The predicted molar refractivity (Wildman–Crippen MR) is 76.3 cm³/mol. The molecule has 1 amide bonds. The third kappa shape index (κ3) is 3.35. The monoisotopic (exact) mass is 290 g/mol. The molecular formula is C13H14N4O4. The molecule has 0 atom stereocenters. The first-order chi connectivity index (χ1) is 10.1. The molecule has 110 valence electrons. The van der Waals surface area contributed by atoms with Crippen LogP contribution in [0.15, 0.2) is 35.1 Å². The van der Waals surface area contributed by atoms with Crippen LogP contribution in [0.4, 0.5) is 17.2 Å².